The summed E-state index contributed by atoms with van der Waals surface area (Å²) in [4.78, 5) is 2.71. The van der Waals surface area contributed by atoms with Crippen molar-refractivity contribution in [3.63, 3.8) is 0 Å². The largest absolute Gasteiger partial charge is 0.313 e. The second kappa shape index (κ2) is 6.44. The van der Waals surface area contributed by atoms with E-state index in [0.717, 1.165) is 0 Å². The minimum absolute atomic E-state index is 0.572. The summed E-state index contributed by atoms with van der Waals surface area (Å²) in [6.07, 6.45) is 10.9. The maximum atomic E-state index is 3.59. The fourth-order valence-corrected chi connectivity index (χ4v) is 4.38. The van der Waals surface area contributed by atoms with Crippen LogP contribution in [0.5, 0.6) is 0 Å². The second-order valence-electron chi connectivity index (χ2n) is 5.89. The van der Waals surface area contributed by atoms with Gasteiger partial charge in [-0.3, -0.25) is 0 Å². The Labute approximate surface area is 111 Å². The van der Waals surface area contributed by atoms with Gasteiger partial charge < -0.3 is 10.2 Å². The molecule has 1 aliphatic heterocycles. The number of rotatable bonds is 3. The van der Waals surface area contributed by atoms with E-state index in [1.165, 1.54) is 64.7 Å². The number of thioether (sulfide) groups is 1. The molecule has 2 nitrogen and oxygen atoms in total. The van der Waals surface area contributed by atoms with E-state index in [9.17, 15) is 0 Å². The number of hydrogen-bond donors (Lipinski definition) is 1. The van der Waals surface area contributed by atoms with Crippen LogP contribution in [0.15, 0.2) is 0 Å². The standard InChI is InChI=1S/C14H28N2S/c1-13-11-16(10-6-9-15-13)12-14(17-2)7-4-3-5-8-14/h13,15H,3-12H2,1-2H3. The average molecular weight is 256 g/mol. The minimum Gasteiger partial charge on any atom is -0.313 e. The molecule has 0 aromatic carbocycles. The van der Waals surface area contributed by atoms with Gasteiger partial charge in [-0.2, -0.15) is 11.8 Å². The van der Waals surface area contributed by atoms with Crippen molar-refractivity contribution in [3.05, 3.63) is 0 Å². The van der Waals surface area contributed by atoms with Crippen molar-refractivity contribution >= 4 is 11.8 Å². The summed E-state index contributed by atoms with van der Waals surface area (Å²) in [7, 11) is 0. The van der Waals surface area contributed by atoms with Crippen LogP contribution in [0.3, 0.4) is 0 Å². The fourth-order valence-electron chi connectivity index (χ4n) is 3.37. The Morgan fingerprint density at radius 1 is 1.24 bits per heavy atom. The molecule has 3 heteroatoms. The van der Waals surface area contributed by atoms with E-state index in [-0.39, 0.29) is 0 Å². The molecule has 0 radical (unpaired) electrons. The second-order valence-corrected chi connectivity index (χ2v) is 7.17. The van der Waals surface area contributed by atoms with Gasteiger partial charge in [-0.15, -0.1) is 0 Å². The Morgan fingerprint density at radius 2 is 2.00 bits per heavy atom. The van der Waals surface area contributed by atoms with E-state index in [1.54, 1.807) is 0 Å². The molecule has 0 spiro atoms. The van der Waals surface area contributed by atoms with E-state index in [1.807, 2.05) is 0 Å². The molecule has 2 rings (SSSR count). The molecule has 2 fully saturated rings. The Kier molecular flexibility index (Phi) is 5.19. The zero-order valence-corrected chi connectivity index (χ0v) is 12.3. The van der Waals surface area contributed by atoms with E-state index in [4.69, 9.17) is 0 Å². The van der Waals surface area contributed by atoms with Gasteiger partial charge in [0, 0.05) is 23.9 Å². The molecule has 1 saturated carbocycles. The molecule has 1 heterocycles. The lowest BCUT2D eigenvalue weighted by atomic mass is 9.87. The first-order valence-electron chi connectivity index (χ1n) is 7.25. The predicted octanol–water partition coefficient (Wildman–Crippen LogP) is 2.74. The van der Waals surface area contributed by atoms with Gasteiger partial charge in [0.1, 0.15) is 0 Å². The maximum Gasteiger partial charge on any atom is 0.0284 e. The van der Waals surface area contributed by atoms with E-state index in [0.29, 0.717) is 10.8 Å². The quantitative estimate of drug-likeness (QED) is 0.836. The van der Waals surface area contributed by atoms with Crippen molar-refractivity contribution in [3.8, 4) is 0 Å². The highest BCUT2D eigenvalue weighted by atomic mass is 32.2. The molecule has 1 atom stereocenters. The lowest BCUT2D eigenvalue weighted by Gasteiger charge is -2.40. The molecular formula is C14H28N2S. The highest BCUT2D eigenvalue weighted by Gasteiger charge is 2.33. The smallest absolute Gasteiger partial charge is 0.0284 e. The molecule has 0 aromatic rings. The third-order valence-corrected chi connectivity index (χ3v) is 5.79. The van der Waals surface area contributed by atoms with Crippen LogP contribution in [-0.2, 0) is 0 Å². The summed E-state index contributed by atoms with van der Waals surface area (Å²) in [5, 5.41) is 3.59. The van der Waals surface area contributed by atoms with Crippen molar-refractivity contribution in [2.24, 2.45) is 0 Å². The SMILES string of the molecule is CSC1(CN2CCCNC(C)C2)CCCCC1. The van der Waals surface area contributed by atoms with Crippen LogP contribution in [0.2, 0.25) is 0 Å². The van der Waals surface area contributed by atoms with Crippen molar-refractivity contribution in [2.45, 2.75) is 56.2 Å². The van der Waals surface area contributed by atoms with Crippen molar-refractivity contribution < 1.29 is 0 Å². The van der Waals surface area contributed by atoms with Crippen molar-refractivity contribution in [1.82, 2.24) is 10.2 Å². The molecular weight excluding hydrogens is 228 g/mol. The lowest BCUT2D eigenvalue weighted by Crippen LogP contribution is -2.45. The molecule has 1 aliphatic carbocycles. The van der Waals surface area contributed by atoms with Gasteiger partial charge in [0.15, 0.2) is 0 Å². The topological polar surface area (TPSA) is 15.3 Å². The number of nitrogens with zero attached hydrogens (tertiary/aromatic N) is 1. The van der Waals surface area contributed by atoms with Crippen molar-refractivity contribution in [1.29, 1.82) is 0 Å². The Bertz CT molecular complexity index is 226. The normalized spacial score (nSPS) is 31.1. The van der Waals surface area contributed by atoms with E-state index in [2.05, 4.69) is 35.2 Å². The summed E-state index contributed by atoms with van der Waals surface area (Å²) in [5.74, 6) is 0. The highest BCUT2D eigenvalue weighted by molar-refractivity contribution is 8.00. The van der Waals surface area contributed by atoms with E-state index < -0.39 is 0 Å². The zero-order chi connectivity index (χ0) is 12.1. The summed E-state index contributed by atoms with van der Waals surface area (Å²) in [6, 6.07) is 0.667. The minimum atomic E-state index is 0.572. The molecule has 1 unspecified atom stereocenters. The monoisotopic (exact) mass is 256 g/mol. The third kappa shape index (κ3) is 3.87. The Morgan fingerprint density at radius 3 is 2.71 bits per heavy atom. The van der Waals surface area contributed by atoms with Crippen LogP contribution in [0.25, 0.3) is 0 Å². The fraction of sp³-hybridized carbons (Fsp3) is 1.00. The van der Waals surface area contributed by atoms with Crippen LogP contribution in [0.1, 0.15) is 45.4 Å². The summed E-state index contributed by atoms with van der Waals surface area (Å²) in [5.41, 5.74) is 0. The molecule has 17 heavy (non-hydrogen) atoms. The lowest BCUT2D eigenvalue weighted by molar-refractivity contribution is 0.219. The van der Waals surface area contributed by atoms with Crippen molar-refractivity contribution in [2.75, 3.05) is 32.4 Å². The third-order valence-electron chi connectivity index (χ3n) is 4.39. The van der Waals surface area contributed by atoms with Crippen LogP contribution >= 0.6 is 11.8 Å². The van der Waals surface area contributed by atoms with Gasteiger partial charge in [0.2, 0.25) is 0 Å². The Hall–Kier alpha value is 0.270. The molecule has 0 bridgehead atoms. The van der Waals surface area contributed by atoms with Crippen LogP contribution in [-0.4, -0.2) is 48.1 Å². The molecule has 0 aromatic heterocycles. The van der Waals surface area contributed by atoms with Crippen LogP contribution < -0.4 is 5.32 Å². The highest BCUT2D eigenvalue weighted by Crippen LogP contribution is 2.39. The van der Waals surface area contributed by atoms with E-state index >= 15 is 0 Å². The average Bonchev–Trinajstić information content (AvgIpc) is 2.55. The molecule has 2 aliphatic rings. The summed E-state index contributed by atoms with van der Waals surface area (Å²) >= 11 is 2.13. The molecule has 1 saturated heterocycles. The summed E-state index contributed by atoms with van der Waals surface area (Å²) < 4.78 is 0.572. The number of nitrogens with one attached hydrogen (secondary N) is 1. The first kappa shape index (κ1) is 13.7. The first-order valence-corrected chi connectivity index (χ1v) is 8.47. The van der Waals surface area contributed by atoms with Gasteiger partial charge in [-0.25, -0.2) is 0 Å². The van der Waals surface area contributed by atoms with Crippen LogP contribution in [0, 0.1) is 0 Å². The van der Waals surface area contributed by atoms with Gasteiger partial charge in [0.05, 0.1) is 0 Å². The van der Waals surface area contributed by atoms with Gasteiger partial charge in [-0.05, 0) is 45.5 Å². The Balaban J connectivity index is 1.92. The summed E-state index contributed by atoms with van der Waals surface area (Å²) in [6.45, 7) is 7.37. The molecule has 0 amide bonds. The number of hydrogen-bond acceptors (Lipinski definition) is 3. The van der Waals surface area contributed by atoms with Gasteiger partial charge in [-0.1, -0.05) is 19.3 Å². The maximum absolute atomic E-state index is 3.59. The first-order chi connectivity index (χ1) is 8.24. The van der Waals surface area contributed by atoms with Gasteiger partial charge >= 0.3 is 0 Å². The molecule has 1 N–H and O–H groups in total. The molecule has 100 valence electrons. The van der Waals surface area contributed by atoms with Gasteiger partial charge in [0.25, 0.3) is 0 Å². The van der Waals surface area contributed by atoms with Crippen LogP contribution in [0.4, 0.5) is 0 Å². The predicted molar refractivity (Wildman–Crippen MR) is 77.9 cm³/mol. The zero-order valence-electron chi connectivity index (χ0n) is 11.5.